The van der Waals surface area contributed by atoms with Crippen LogP contribution in [0, 0.1) is 0 Å². The summed E-state index contributed by atoms with van der Waals surface area (Å²) in [6.45, 7) is 6.04. The molecule has 2 aromatic rings. The Morgan fingerprint density at radius 2 is 1.93 bits per heavy atom. The van der Waals surface area contributed by atoms with Crippen molar-refractivity contribution in [3.05, 3.63) is 36.2 Å². The molecule has 2 fully saturated rings. The largest absolute Gasteiger partial charge is 0.358 e. The summed E-state index contributed by atoms with van der Waals surface area (Å²) in [6, 6.07) is 6.57. The molecule has 0 aliphatic carbocycles. The fourth-order valence-corrected chi connectivity index (χ4v) is 4.17. The van der Waals surface area contributed by atoms with Crippen molar-refractivity contribution in [2.75, 3.05) is 34.8 Å². The molecule has 1 atom stereocenters. The Morgan fingerprint density at radius 1 is 1.14 bits per heavy atom. The van der Waals surface area contributed by atoms with Crippen LogP contribution >= 0.6 is 12.2 Å². The van der Waals surface area contributed by atoms with Crippen LogP contribution in [0.15, 0.2) is 30.6 Å². The molecule has 8 heteroatoms. The highest BCUT2D eigenvalue weighted by Gasteiger charge is 2.23. The number of piperidine rings is 1. The molecule has 29 heavy (non-hydrogen) atoms. The minimum Gasteiger partial charge on any atom is -0.358 e. The first-order valence-electron chi connectivity index (χ1n) is 10.5. The summed E-state index contributed by atoms with van der Waals surface area (Å²) >= 11 is 5.49. The lowest BCUT2D eigenvalue weighted by atomic mass is 10.0. The molecule has 0 aromatic carbocycles. The van der Waals surface area contributed by atoms with Gasteiger partial charge in [0.05, 0.1) is 0 Å². The molecule has 2 aliphatic rings. The van der Waals surface area contributed by atoms with E-state index in [1.165, 1.54) is 32.1 Å². The molecule has 0 radical (unpaired) electrons. The van der Waals surface area contributed by atoms with E-state index in [0.29, 0.717) is 23.6 Å². The van der Waals surface area contributed by atoms with Crippen LogP contribution in [0.1, 0.15) is 44.6 Å². The van der Waals surface area contributed by atoms with Crippen molar-refractivity contribution in [3.8, 4) is 0 Å². The number of rotatable bonds is 5. The summed E-state index contributed by atoms with van der Waals surface area (Å²) in [5.41, 5.74) is 1.08. The highest BCUT2D eigenvalue weighted by atomic mass is 32.1. The van der Waals surface area contributed by atoms with Crippen molar-refractivity contribution < 1.29 is 0 Å². The van der Waals surface area contributed by atoms with Gasteiger partial charge in [0.25, 0.3) is 0 Å². The van der Waals surface area contributed by atoms with E-state index in [-0.39, 0.29) is 0 Å². The molecule has 7 nitrogen and oxygen atoms in total. The SMILES string of the molecule is C[C@H]1CCCCN1c1cc(N2CCCC2)nc(NC(=S)NCc2cccnc2)n1. The molecule has 4 rings (SSSR count). The first-order valence-corrected chi connectivity index (χ1v) is 10.9. The van der Waals surface area contributed by atoms with E-state index in [2.05, 4.69) is 38.4 Å². The van der Waals surface area contributed by atoms with Gasteiger partial charge in [-0.2, -0.15) is 9.97 Å². The number of hydrogen-bond donors (Lipinski definition) is 2. The summed E-state index contributed by atoms with van der Waals surface area (Å²) in [5, 5.41) is 6.93. The average molecular weight is 412 g/mol. The fourth-order valence-electron chi connectivity index (χ4n) is 4.00. The van der Waals surface area contributed by atoms with Gasteiger partial charge in [0.15, 0.2) is 5.11 Å². The number of aromatic nitrogens is 3. The smallest absolute Gasteiger partial charge is 0.232 e. The topological polar surface area (TPSA) is 69.2 Å². The molecule has 154 valence electrons. The molecule has 4 heterocycles. The van der Waals surface area contributed by atoms with Gasteiger partial charge in [0.1, 0.15) is 11.6 Å². The molecule has 0 amide bonds. The summed E-state index contributed by atoms with van der Waals surface area (Å²) in [5.74, 6) is 2.54. The predicted octanol–water partition coefficient (Wildman–Crippen LogP) is 3.34. The molecule has 2 saturated heterocycles. The summed E-state index contributed by atoms with van der Waals surface area (Å²) in [4.78, 5) is 18.5. The van der Waals surface area contributed by atoms with E-state index < -0.39 is 0 Å². The van der Waals surface area contributed by atoms with Crippen LogP contribution in [0.3, 0.4) is 0 Å². The van der Waals surface area contributed by atoms with Gasteiger partial charge in [0, 0.05) is 50.7 Å². The third-order valence-electron chi connectivity index (χ3n) is 5.63. The van der Waals surface area contributed by atoms with Gasteiger partial charge >= 0.3 is 0 Å². The Morgan fingerprint density at radius 3 is 2.69 bits per heavy atom. The first-order chi connectivity index (χ1) is 14.2. The molecular weight excluding hydrogens is 382 g/mol. The molecule has 2 aromatic heterocycles. The van der Waals surface area contributed by atoms with Crippen molar-refractivity contribution in [1.29, 1.82) is 0 Å². The number of pyridine rings is 1. The highest BCUT2D eigenvalue weighted by molar-refractivity contribution is 7.80. The lowest BCUT2D eigenvalue weighted by Gasteiger charge is -2.35. The predicted molar refractivity (Wildman–Crippen MR) is 121 cm³/mol. The van der Waals surface area contributed by atoms with E-state index >= 15 is 0 Å². The summed E-state index contributed by atoms with van der Waals surface area (Å²) < 4.78 is 0. The quantitative estimate of drug-likeness (QED) is 0.726. The van der Waals surface area contributed by atoms with Gasteiger partial charge in [-0.05, 0) is 62.9 Å². The standard InChI is InChI=1S/C21H29N7S/c1-16-7-2-3-12-28(16)19-13-18(27-10-4-5-11-27)24-20(25-19)26-21(29)23-15-17-8-6-9-22-14-17/h6,8-9,13-14,16H,2-5,7,10-12,15H2,1H3,(H2,23,24,25,26,29)/t16-/m0/s1. The molecular formula is C21H29N7S. The van der Waals surface area contributed by atoms with E-state index in [1.807, 2.05) is 18.3 Å². The second-order valence-corrected chi connectivity index (χ2v) is 8.22. The van der Waals surface area contributed by atoms with Gasteiger partial charge in [-0.1, -0.05) is 6.07 Å². The fraction of sp³-hybridized carbons (Fsp3) is 0.524. The monoisotopic (exact) mass is 411 g/mol. The number of nitrogens with one attached hydrogen (secondary N) is 2. The van der Waals surface area contributed by atoms with Gasteiger partial charge in [-0.25, -0.2) is 0 Å². The normalized spacial score (nSPS) is 19.3. The van der Waals surface area contributed by atoms with Crippen LogP contribution in [0.4, 0.5) is 17.6 Å². The Labute approximate surface area is 177 Å². The minimum atomic E-state index is 0.494. The maximum atomic E-state index is 5.49. The van der Waals surface area contributed by atoms with Gasteiger partial charge in [-0.15, -0.1) is 0 Å². The Kier molecular flexibility index (Phi) is 6.39. The Hall–Kier alpha value is -2.48. The lowest BCUT2D eigenvalue weighted by Crippen LogP contribution is -2.38. The third kappa shape index (κ3) is 5.12. The van der Waals surface area contributed by atoms with E-state index in [1.54, 1.807) is 6.20 Å². The second-order valence-electron chi connectivity index (χ2n) is 7.81. The van der Waals surface area contributed by atoms with Crippen LogP contribution in [0.5, 0.6) is 0 Å². The molecule has 0 unspecified atom stereocenters. The number of hydrogen-bond acceptors (Lipinski definition) is 6. The number of thiocarbonyl (C=S) groups is 1. The number of anilines is 3. The molecule has 0 spiro atoms. The van der Waals surface area contributed by atoms with Crippen molar-refractivity contribution in [1.82, 2.24) is 20.3 Å². The van der Waals surface area contributed by atoms with Crippen LogP contribution in [-0.4, -0.2) is 45.7 Å². The van der Waals surface area contributed by atoms with Crippen molar-refractivity contribution in [3.63, 3.8) is 0 Å². The molecule has 2 N–H and O–H groups in total. The zero-order chi connectivity index (χ0) is 20.1. The zero-order valence-corrected chi connectivity index (χ0v) is 17.8. The highest BCUT2D eigenvalue weighted by Crippen LogP contribution is 2.28. The molecule has 0 saturated carbocycles. The van der Waals surface area contributed by atoms with E-state index in [9.17, 15) is 0 Å². The third-order valence-corrected chi connectivity index (χ3v) is 5.87. The first kappa shape index (κ1) is 19.8. The maximum absolute atomic E-state index is 5.49. The lowest BCUT2D eigenvalue weighted by molar-refractivity contribution is 0.481. The average Bonchev–Trinajstić information content (AvgIpc) is 3.28. The van der Waals surface area contributed by atoms with Gasteiger partial charge in [0.2, 0.25) is 5.95 Å². The summed E-state index contributed by atoms with van der Waals surface area (Å²) in [7, 11) is 0. The summed E-state index contributed by atoms with van der Waals surface area (Å²) in [6.07, 6.45) is 9.73. The number of nitrogens with zero attached hydrogens (tertiary/aromatic N) is 5. The molecule has 2 aliphatic heterocycles. The van der Waals surface area contributed by atoms with Crippen molar-refractivity contribution in [2.45, 2.75) is 51.6 Å². The van der Waals surface area contributed by atoms with Crippen LogP contribution in [0.2, 0.25) is 0 Å². The van der Waals surface area contributed by atoms with Crippen molar-refractivity contribution >= 4 is 34.9 Å². The van der Waals surface area contributed by atoms with Crippen LogP contribution < -0.4 is 20.4 Å². The van der Waals surface area contributed by atoms with Crippen molar-refractivity contribution in [2.24, 2.45) is 0 Å². The minimum absolute atomic E-state index is 0.494. The molecule has 0 bridgehead atoms. The zero-order valence-electron chi connectivity index (χ0n) is 17.0. The van der Waals surface area contributed by atoms with Crippen LogP contribution in [-0.2, 0) is 6.54 Å². The Bertz CT molecular complexity index is 823. The second kappa shape index (κ2) is 9.35. The van der Waals surface area contributed by atoms with Gasteiger partial charge < -0.3 is 20.4 Å². The van der Waals surface area contributed by atoms with E-state index in [0.717, 1.165) is 36.8 Å². The van der Waals surface area contributed by atoms with E-state index in [4.69, 9.17) is 22.2 Å². The Balaban J connectivity index is 1.50. The van der Waals surface area contributed by atoms with Gasteiger partial charge in [-0.3, -0.25) is 4.98 Å². The maximum Gasteiger partial charge on any atom is 0.232 e. The van der Waals surface area contributed by atoms with Crippen LogP contribution in [0.25, 0.3) is 0 Å².